The molecule has 2 heterocycles. The average molecular weight is 559 g/mol. The van der Waals surface area contributed by atoms with E-state index in [1.165, 1.54) is 6.07 Å². The van der Waals surface area contributed by atoms with Crippen molar-refractivity contribution < 1.29 is 23.0 Å². The van der Waals surface area contributed by atoms with Crippen LogP contribution in [-0.2, 0) is 20.1 Å². The molecule has 0 aliphatic carbocycles. The first kappa shape index (κ1) is 23.8. The number of halogens is 3. The molecule has 11 heteroatoms. The minimum atomic E-state index is -2.95. The molecule has 3 aromatic rings. The summed E-state index contributed by atoms with van der Waals surface area (Å²) < 4.78 is 42.9. The van der Waals surface area contributed by atoms with Gasteiger partial charge in [0.15, 0.2) is 17.5 Å². The molecule has 0 saturated heterocycles. The van der Waals surface area contributed by atoms with E-state index in [0.29, 0.717) is 36.1 Å². The third-order valence-corrected chi connectivity index (χ3v) is 4.82. The maximum Gasteiger partial charge on any atom is 0.387 e. The van der Waals surface area contributed by atoms with Crippen LogP contribution in [0.15, 0.2) is 41.4 Å². The first-order valence-corrected chi connectivity index (χ1v) is 9.85. The molecule has 0 unspecified atom stereocenters. The SMILES string of the molecule is CCNC(=NCc1cc2c(cc1OC(F)F)OCO2)NCc1nc2ccccc2n1C.I. The van der Waals surface area contributed by atoms with Crippen LogP contribution in [-0.4, -0.2) is 35.5 Å². The van der Waals surface area contributed by atoms with E-state index in [-0.39, 0.29) is 43.1 Å². The number of guanidine groups is 1. The normalized spacial score (nSPS) is 12.7. The number of hydrogen-bond donors (Lipinski definition) is 2. The zero-order valence-corrected chi connectivity index (χ0v) is 19.9. The summed E-state index contributed by atoms with van der Waals surface area (Å²) in [5.41, 5.74) is 2.41. The van der Waals surface area contributed by atoms with E-state index in [2.05, 4.69) is 25.3 Å². The summed E-state index contributed by atoms with van der Waals surface area (Å²) in [5.74, 6) is 2.22. The van der Waals surface area contributed by atoms with Gasteiger partial charge in [0.25, 0.3) is 0 Å². The van der Waals surface area contributed by atoms with E-state index >= 15 is 0 Å². The summed E-state index contributed by atoms with van der Waals surface area (Å²) in [4.78, 5) is 9.14. The number of aromatic nitrogens is 2. The quantitative estimate of drug-likeness (QED) is 0.261. The van der Waals surface area contributed by atoms with Gasteiger partial charge in [-0.1, -0.05) is 12.1 Å². The van der Waals surface area contributed by atoms with Crippen molar-refractivity contribution in [2.24, 2.45) is 12.0 Å². The van der Waals surface area contributed by atoms with Gasteiger partial charge < -0.3 is 29.4 Å². The van der Waals surface area contributed by atoms with E-state index in [1.54, 1.807) is 6.07 Å². The van der Waals surface area contributed by atoms with E-state index < -0.39 is 6.61 Å². The van der Waals surface area contributed by atoms with Crippen molar-refractivity contribution in [2.45, 2.75) is 26.6 Å². The van der Waals surface area contributed by atoms with Crippen molar-refractivity contribution in [1.82, 2.24) is 20.2 Å². The Morgan fingerprint density at radius 2 is 1.97 bits per heavy atom. The Labute approximate surface area is 201 Å². The van der Waals surface area contributed by atoms with Gasteiger partial charge in [0.05, 0.1) is 24.1 Å². The maximum atomic E-state index is 12.8. The summed E-state index contributed by atoms with van der Waals surface area (Å²) >= 11 is 0. The molecule has 1 aliphatic rings. The van der Waals surface area contributed by atoms with Crippen molar-refractivity contribution in [3.8, 4) is 17.2 Å². The fourth-order valence-electron chi connectivity index (χ4n) is 3.32. The Hall–Kier alpha value is -2.83. The van der Waals surface area contributed by atoms with Crippen LogP contribution in [0.3, 0.4) is 0 Å². The van der Waals surface area contributed by atoms with Crippen LogP contribution in [0.5, 0.6) is 17.2 Å². The summed E-state index contributed by atoms with van der Waals surface area (Å²) in [6, 6.07) is 10.9. The number of ether oxygens (including phenoxy) is 3. The Morgan fingerprint density at radius 3 is 2.69 bits per heavy atom. The molecular weight excluding hydrogens is 535 g/mol. The maximum absolute atomic E-state index is 12.8. The lowest BCUT2D eigenvalue weighted by Gasteiger charge is -2.13. The third-order valence-electron chi connectivity index (χ3n) is 4.82. The van der Waals surface area contributed by atoms with E-state index in [1.807, 2.05) is 42.8 Å². The van der Waals surface area contributed by atoms with Gasteiger partial charge in [-0.25, -0.2) is 9.98 Å². The molecule has 1 aliphatic heterocycles. The second-order valence-electron chi connectivity index (χ2n) is 6.82. The van der Waals surface area contributed by atoms with Crippen LogP contribution in [0, 0.1) is 0 Å². The molecule has 0 atom stereocenters. The van der Waals surface area contributed by atoms with Gasteiger partial charge >= 0.3 is 6.61 Å². The molecule has 0 saturated carbocycles. The highest BCUT2D eigenvalue weighted by Gasteiger charge is 2.20. The van der Waals surface area contributed by atoms with Crippen LogP contribution < -0.4 is 24.8 Å². The molecule has 32 heavy (non-hydrogen) atoms. The first-order chi connectivity index (χ1) is 15.0. The topological polar surface area (TPSA) is 81.9 Å². The molecule has 0 radical (unpaired) electrons. The molecule has 0 amide bonds. The van der Waals surface area contributed by atoms with Crippen LogP contribution in [0.4, 0.5) is 8.78 Å². The second-order valence-corrected chi connectivity index (χ2v) is 6.82. The molecule has 0 fully saturated rings. The Bertz CT molecular complexity index is 1110. The standard InChI is InChI=1S/C21H23F2N5O3.HI/c1-3-24-21(26-11-19-27-14-6-4-5-7-15(14)28(19)2)25-10-13-8-17-18(30-12-29-17)9-16(13)31-20(22)23;/h4-9,20H,3,10-12H2,1-2H3,(H2,24,25,26);1H. The number of rotatable bonds is 7. The van der Waals surface area contributed by atoms with E-state index in [9.17, 15) is 8.78 Å². The predicted octanol–water partition coefficient (Wildman–Crippen LogP) is 3.78. The van der Waals surface area contributed by atoms with Gasteiger partial charge in [-0.2, -0.15) is 8.78 Å². The van der Waals surface area contributed by atoms with E-state index in [4.69, 9.17) is 9.47 Å². The zero-order chi connectivity index (χ0) is 21.8. The summed E-state index contributed by atoms with van der Waals surface area (Å²) in [6.45, 7) is 0.216. The number of alkyl halides is 2. The van der Waals surface area contributed by atoms with E-state index in [0.717, 1.165) is 16.9 Å². The predicted molar refractivity (Wildman–Crippen MR) is 127 cm³/mol. The average Bonchev–Trinajstić information content (AvgIpc) is 3.33. The lowest BCUT2D eigenvalue weighted by molar-refractivity contribution is -0.0505. The molecule has 2 aromatic carbocycles. The number of benzene rings is 2. The highest BCUT2D eigenvalue weighted by molar-refractivity contribution is 14.0. The van der Waals surface area contributed by atoms with Crippen molar-refractivity contribution >= 4 is 41.0 Å². The largest absolute Gasteiger partial charge is 0.454 e. The van der Waals surface area contributed by atoms with Gasteiger partial charge in [0, 0.05) is 25.2 Å². The lowest BCUT2D eigenvalue weighted by atomic mass is 10.1. The Morgan fingerprint density at radius 1 is 1.22 bits per heavy atom. The molecule has 0 spiro atoms. The van der Waals surface area contributed by atoms with Crippen LogP contribution >= 0.6 is 24.0 Å². The van der Waals surface area contributed by atoms with Crippen LogP contribution in [0.1, 0.15) is 18.3 Å². The second kappa shape index (κ2) is 10.7. The number of imidazole rings is 1. The third kappa shape index (κ3) is 5.31. The number of hydrogen-bond acceptors (Lipinski definition) is 5. The smallest absolute Gasteiger partial charge is 0.387 e. The van der Waals surface area contributed by atoms with Crippen LogP contribution in [0.2, 0.25) is 0 Å². The van der Waals surface area contributed by atoms with Gasteiger partial charge in [-0.05, 0) is 25.1 Å². The van der Waals surface area contributed by atoms with Gasteiger partial charge in [0.1, 0.15) is 11.6 Å². The highest BCUT2D eigenvalue weighted by Crippen LogP contribution is 2.39. The molecule has 2 N–H and O–H groups in total. The minimum Gasteiger partial charge on any atom is -0.454 e. The van der Waals surface area contributed by atoms with Crippen molar-refractivity contribution in [3.63, 3.8) is 0 Å². The van der Waals surface area contributed by atoms with Gasteiger partial charge in [-0.15, -0.1) is 24.0 Å². The molecule has 0 bridgehead atoms. The number of nitrogens with zero attached hydrogens (tertiary/aromatic N) is 3. The number of nitrogens with one attached hydrogen (secondary N) is 2. The monoisotopic (exact) mass is 559 g/mol. The number of aliphatic imine (C=N–C) groups is 1. The number of aryl methyl sites for hydroxylation is 1. The number of fused-ring (bicyclic) bond motifs is 2. The fraction of sp³-hybridized carbons (Fsp3) is 0.333. The van der Waals surface area contributed by atoms with Crippen molar-refractivity contribution in [2.75, 3.05) is 13.3 Å². The van der Waals surface area contributed by atoms with Crippen molar-refractivity contribution in [3.05, 3.63) is 47.8 Å². The van der Waals surface area contributed by atoms with Gasteiger partial charge in [0.2, 0.25) is 6.79 Å². The number of para-hydroxylation sites is 2. The minimum absolute atomic E-state index is 0. The molecular formula is C21H24F2IN5O3. The first-order valence-electron chi connectivity index (χ1n) is 9.85. The Balaban J connectivity index is 0.00000289. The Kier molecular flexibility index (Phi) is 7.94. The molecule has 8 nitrogen and oxygen atoms in total. The summed E-state index contributed by atoms with van der Waals surface area (Å²) in [7, 11) is 1.96. The lowest BCUT2D eigenvalue weighted by Crippen LogP contribution is -2.37. The molecule has 4 rings (SSSR count). The highest BCUT2D eigenvalue weighted by atomic mass is 127. The zero-order valence-electron chi connectivity index (χ0n) is 17.6. The fourth-order valence-corrected chi connectivity index (χ4v) is 3.32. The van der Waals surface area contributed by atoms with Crippen LogP contribution in [0.25, 0.3) is 11.0 Å². The van der Waals surface area contributed by atoms with Gasteiger partial charge in [-0.3, -0.25) is 0 Å². The summed E-state index contributed by atoms with van der Waals surface area (Å²) in [5, 5.41) is 6.38. The molecule has 1 aromatic heterocycles. The summed E-state index contributed by atoms with van der Waals surface area (Å²) in [6.07, 6.45) is 0. The van der Waals surface area contributed by atoms with Crippen molar-refractivity contribution in [1.29, 1.82) is 0 Å². The molecule has 172 valence electrons.